The topological polar surface area (TPSA) is 67.2 Å². The van der Waals surface area contributed by atoms with Crippen molar-refractivity contribution in [2.45, 2.75) is 6.54 Å². The molecule has 0 bridgehead atoms. The fraction of sp³-hybridized carbons (Fsp3) is 0.333. The van der Waals surface area contributed by atoms with Gasteiger partial charge in [0.05, 0.1) is 12.1 Å². The van der Waals surface area contributed by atoms with Crippen LogP contribution >= 0.6 is 0 Å². The monoisotopic (exact) mass is 336 g/mol. The molecule has 3 heterocycles. The van der Waals surface area contributed by atoms with Crippen molar-refractivity contribution in [1.82, 2.24) is 24.4 Å². The smallest absolute Gasteiger partial charge is 0.253 e. The second-order valence-corrected chi connectivity index (χ2v) is 6.29. The van der Waals surface area contributed by atoms with Crippen LogP contribution in [0, 0.1) is 0 Å². The maximum absolute atomic E-state index is 11.7. The summed E-state index contributed by atoms with van der Waals surface area (Å²) >= 11 is 0. The summed E-state index contributed by atoms with van der Waals surface area (Å²) < 4.78 is 1.62. The number of rotatable bonds is 3. The van der Waals surface area contributed by atoms with Gasteiger partial charge in [-0.2, -0.15) is 0 Å². The molecule has 0 unspecified atom stereocenters. The normalized spacial score (nSPS) is 15.6. The van der Waals surface area contributed by atoms with Crippen LogP contribution in [0.4, 0.5) is 5.69 Å². The molecule has 1 aliphatic rings. The molecule has 1 aliphatic heterocycles. The average Bonchev–Trinajstić information content (AvgIpc) is 2.66. The molecule has 3 aromatic rings. The van der Waals surface area contributed by atoms with Crippen molar-refractivity contribution >= 4 is 16.6 Å². The molecule has 0 radical (unpaired) electrons. The van der Waals surface area contributed by atoms with Crippen LogP contribution in [0.25, 0.3) is 10.9 Å². The third-order valence-electron chi connectivity index (χ3n) is 4.75. The van der Waals surface area contributed by atoms with Crippen LogP contribution in [0.3, 0.4) is 0 Å². The third-order valence-corrected chi connectivity index (χ3v) is 4.75. The highest BCUT2D eigenvalue weighted by Gasteiger charge is 2.18. The van der Waals surface area contributed by atoms with E-state index in [9.17, 15) is 4.79 Å². The zero-order chi connectivity index (χ0) is 17.2. The number of aromatic nitrogens is 4. The summed E-state index contributed by atoms with van der Waals surface area (Å²) in [5.74, 6) is 0.809. The molecule has 0 N–H and O–H groups in total. The van der Waals surface area contributed by atoms with Gasteiger partial charge in [0.25, 0.3) is 5.56 Å². The van der Waals surface area contributed by atoms with E-state index in [-0.39, 0.29) is 5.56 Å². The van der Waals surface area contributed by atoms with Crippen molar-refractivity contribution in [1.29, 1.82) is 0 Å². The lowest BCUT2D eigenvalue weighted by Crippen LogP contribution is -2.46. The fourth-order valence-corrected chi connectivity index (χ4v) is 3.19. The standard InChI is InChI=1S/C18H20N6O/c1-22-17(20-5-4-18(22)25)12-23-6-8-24(9-7-23)15-2-3-16-14(10-15)11-19-13-21-16/h2-5,10-11,13H,6-9,12H2,1H3. The minimum atomic E-state index is -0.0120. The number of piperazine rings is 1. The number of nitrogens with zero attached hydrogens (tertiary/aromatic N) is 6. The lowest BCUT2D eigenvalue weighted by atomic mass is 10.2. The van der Waals surface area contributed by atoms with E-state index in [2.05, 4.69) is 36.9 Å². The molecule has 0 atom stereocenters. The highest BCUT2D eigenvalue weighted by molar-refractivity contribution is 5.81. The Balaban J connectivity index is 1.43. The molecule has 128 valence electrons. The van der Waals surface area contributed by atoms with Gasteiger partial charge < -0.3 is 4.90 Å². The molecule has 0 aliphatic carbocycles. The number of fused-ring (bicyclic) bond motifs is 1. The first kappa shape index (κ1) is 15.7. The summed E-state index contributed by atoms with van der Waals surface area (Å²) in [5.41, 5.74) is 2.16. The van der Waals surface area contributed by atoms with E-state index in [1.807, 2.05) is 12.3 Å². The summed E-state index contributed by atoms with van der Waals surface area (Å²) in [4.78, 5) is 29.1. The third kappa shape index (κ3) is 3.23. The van der Waals surface area contributed by atoms with E-state index < -0.39 is 0 Å². The quantitative estimate of drug-likeness (QED) is 0.712. The molecule has 1 saturated heterocycles. The molecule has 4 rings (SSSR count). The molecule has 7 nitrogen and oxygen atoms in total. The van der Waals surface area contributed by atoms with Gasteiger partial charge in [-0.1, -0.05) is 0 Å². The van der Waals surface area contributed by atoms with Crippen LogP contribution in [-0.4, -0.2) is 50.6 Å². The van der Waals surface area contributed by atoms with Gasteiger partial charge in [0.1, 0.15) is 12.2 Å². The summed E-state index contributed by atoms with van der Waals surface area (Å²) in [6.45, 7) is 4.47. The molecule has 7 heteroatoms. The predicted molar refractivity (Wildman–Crippen MR) is 96.5 cm³/mol. The van der Waals surface area contributed by atoms with Crippen molar-refractivity contribution in [3.05, 3.63) is 59.2 Å². The Bertz CT molecular complexity index is 945. The van der Waals surface area contributed by atoms with Crippen molar-refractivity contribution in [2.75, 3.05) is 31.1 Å². The molecular weight excluding hydrogens is 316 g/mol. The first-order valence-electron chi connectivity index (χ1n) is 8.39. The van der Waals surface area contributed by atoms with E-state index in [0.29, 0.717) is 6.54 Å². The zero-order valence-electron chi connectivity index (χ0n) is 14.2. The Morgan fingerprint density at radius 1 is 1.08 bits per heavy atom. The first-order chi connectivity index (χ1) is 12.2. The molecule has 25 heavy (non-hydrogen) atoms. The lowest BCUT2D eigenvalue weighted by molar-refractivity contribution is 0.240. The average molecular weight is 336 g/mol. The van der Waals surface area contributed by atoms with Crippen molar-refractivity contribution in [2.24, 2.45) is 7.05 Å². The fourth-order valence-electron chi connectivity index (χ4n) is 3.19. The Kier molecular flexibility index (Phi) is 4.15. The van der Waals surface area contributed by atoms with Gasteiger partial charge in [0.2, 0.25) is 0 Å². The van der Waals surface area contributed by atoms with Crippen molar-refractivity contribution in [3.63, 3.8) is 0 Å². The molecule has 0 saturated carbocycles. The van der Waals surface area contributed by atoms with Gasteiger partial charge in [0.15, 0.2) is 0 Å². The van der Waals surface area contributed by atoms with E-state index >= 15 is 0 Å². The number of hydrogen-bond acceptors (Lipinski definition) is 6. The lowest BCUT2D eigenvalue weighted by Gasteiger charge is -2.36. The van der Waals surface area contributed by atoms with Gasteiger partial charge in [-0.3, -0.25) is 14.3 Å². The van der Waals surface area contributed by atoms with Gasteiger partial charge in [-0.25, -0.2) is 15.0 Å². The first-order valence-corrected chi connectivity index (χ1v) is 8.39. The number of anilines is 1. The minimum Gasteiger partial charge on any atom is -0.369 e. The van der Waals surface area contributed by atoms with E-state index in [4.69, 9.17) is 0 Å². The second-order valence-electron chi connectivity index (χ2n) is 6.29. The van der Waals surface area contributed by atoms with Gasteiger partial charge >= 0.3 is 0 Å². The van der Waals surface area contributed by atoms with Crippen LogP contribution < -0.4 is 10.5 Å². The van der Waals surface area contributed by atoms with Crippen LogP contribution in [0.15, 0.2) is 47.8 Å². The Morgan fingerprint density at radius 2 is 1.92 bits per heavy atom. The maximum Gasteiger partial charge on any atom is 0.253 e. The van der Waals surface area contributed by atoms with Crippen molar-refractivity contribution in [3.8, 4) is 0 Å². The second kappa shape index (κ2) is 6.60. The largest absolute Gasteiger partial charge is 0.369 e. The maximum atomic E-state index is 11.7. The number of hydrogen-bond donors (Lipinski definition) is 0. The van der Waals surface area contributed by atoms with Crippen LogP contribution in [-0.2, 0) is 13.6 Å². The molecule has 1 aromatic carbocycles. The van der Waals surface area contributed by atoms with Crippen molar-refractivity contribution < 1.29 is 0 Å². The van der Waals surface area contributed by atoms with Crippen LogP contribution in [0.1, 0.15) is 5.82 Å². The van der Waals surface area contributed by atoms with E-state index in [1.54, 1.807) is 24.1 Å². The van der Waals surface area contributed by atoms with E-state index in [0.717, 1.165) is 42.9 Å². The Morgan fingerprint density at radius 3 is 2.76 bits per heavy atom. The van der Waals surface area contributed by atoms with Gasteiger partial charge in [-0.05, 0) is 18.2 Å². The summed E-state index contributed by atoms with van der Waals surface area (Å²) in [5, 5.41) is 1.06. The van der Waals surface area contributed by atoms with Gasteiger partial charge in [0, 0.05) is 62.8 Å². The molecule has 1 fully saturated rings. The summed E-state index contributed by atoms with van der Waals surface area (Å²) in [6.07, 6.45) is 5.01. The Hall–Kier alpha value is -2.80. The molecule has 2 aromatic heterocycles. The summed E-state index contributed by atoms with van der Waals surface area (Å²) in [7, 11) is 1.78. The van der Waals surface area contributed by atoms with E-state index in [1.165, 1.54) is 11.8 Å². The molecular formula is C18H20N6O. The number of benzene rings is 1. The zero-order valence-corrected chi connectivity index (χ0v) is 14.2. The van der Waals surface area contributed by atoms with Crippen LogP contribution in [0.2, 0.25) is 0 Å². The SMILES string of the molecule is Cn1c(CN2CCN(c3ccc4ncncc4c3)CC2)nccc1=O. The Labute approximate surface area is 145 Å². The predicted octanol–water partition coefficient (Wildman–Crippen LogP) is 1.05. The van der Waals surface area contributed by atoms with Gasteiger partial charge in [-0.15, -0.1) is 0 Å². The molecule has 0 spiro atoms. The van der Waals surface area contributed by atoms with Crippen LogP contribution in [0.5, 0.6) is 0 Å². The minimum absolute atomic E-state index is 0.0120. The summed E-state index contributed by atoms with van der Waals surface area (Å²) in [6, 6.07) is 7.80. The molecule has 0 amide bonds. The highest BCUT2D eigenvalue weighted by Crippen LogP contribution is 2.21. The highest BCUT2D eigenvalue weighted by atomic mass is 16.1.